The second-order valence-corrected chi connectivity index (χ2v) is 4.19. The van der Waals surface area contributed by atoms with Crippen LogP contribution in [0.5, 0.6) is 0 Å². The summed E-state index contributed by atoms with van der Waals surface area (Å²) in [5.74, 6) is -4.85. The van der Waals surface area contributed by atoms with Crippen LogP contribution in [0.15, 0.2) is 18.2 Å². The van der Waals surface area contributed by atoms with Crippen molar-refractivity contribution >= 4 is 17.7 Å². The van der Waals surface area contributed by atoms with Crippen LogP contribution in [-0.4, -0.2) is 23.8 Å². The van der Waals surface area contributed by atoms with Crippen LogP contribution in [0.4, 0.5) is 8.78 Å². The third-order valence-electron chi connectivity index (χ3n) is 2.04. The molecule has 1 aromatic rings. The molecule has 0 aliphatic rings. The molecule has 3 amide bonds. The Kier molecular flexibility index (Phi) is 5.13. The third kappa shape index (κ3) is 4.63. The van der Waals surface area contributed by atoms with Crippen LogP contribution >= 0.6 is 0 Å². The third-order valence-corrected chi connectivity index (χ3v) is 2.04. The van der Waals surface area contributed by atoms with E-state index in [9.17, 15) is 23.2 Å². The van der Waals surface area contributed by atoms with Crippen LogP contribution in [0.1, 0.15) is 24.2 Å². The number of halogens is 2. The number of carbonyl (C=O) groups excluding carboxylic acids is 3. The fourth-order valence-electron chi connectivity index (χ4n) is 1.26. The molecule has 0 unspecified atom stereocenters. The highest BCUT2D eigenvalue weighted by Crippen LogP contribution is 2.07. The lowest BCUT2D eigenvalue weighted by Gasteiger charge is -2.09. The number of hydrogen-bond donors (Lipinski definition) is 3. The number of hydrazine groups is 1. The van der Waals surface area contributed by atoms with Gasteiger partial charge in [-0.3, -0.25) is 25.2 Å². The standard InChI is InChI=1S/C12H13F2N3O3/c1-6(2)15-11(19)12(20)17-16-10(18)7-3-8(13)5-9(14)4-7/h3-6H,1-2H3,(H,15,19)(H,16,18)(H,17,20). The highest BCUT2D eigenvalue weighted by Gasteiger charge is 2.16. The van der Waals surface area contributed by atoms with Crippen molar-refractivity contribution in [3.8, 4) is 0 Å². The Labute approximate surface area is 113 Å². The predicted octanol–water partition coefficient (Wildman–Crippen LogP) is 0.250. The first-order chi connectivity index (χ1) is 9.29. The molecule has 0 spiro atoms. The summed E-state index contributed by atoms with van der Waals surface area (Å²) in [6.07, 6.45) is 0. The van der Waals surface area contributed by atoms with E-state index in [0.29, 0.717) is 6.07 Å². The Morgan fingerprint density at radius 1 is 0.950 bits per heavy atom. The Hall–Kier alpha value is -2.51. The van der Waals surface area contributed by atoms with E-state index in [-0.39, 0.29) is 11.6 Å². The molecular formula is C12H13F2N3O3. The normalized spacial score (nSPS) is 10.1. The molecule has 6 nitrogen and oxygen atoms in total. The molecule has 0 aliphatic carbocycles. The van der Waals surface area contributed by atoms with Crippen LogP contribution in [0.2, 0.25) is 0 Å². The summed E-state index contributed by atoms with van der Waals surface area (Å²) >= 11 is 0. The van der Waals surface area contributed by atoms with Gasteiger partial charge < -0.3 is 5.32 Å². The molecule has 0 aliphatic heterocycles. The molecule has 20 heavy (non-hydrogen) atoms. The van der Waals surface area contributed by atoms with Gasteiger partial charge in [-0.2, -0.15) is 0 Å². The Morgan fingerprint density at radius 3 is 2.00 bits per heavy atom. The first-order valence-corrected chi connectivity index (χ1v) is 5.67. The van der Waals surface area contributed by atoms with E-state index < -0.39 is 29.4 Å². The Morgan fingerprint density at radius 2 is 1.50 bits per heavy atom. The lowest BCUT2D eigenvalue weighted by atomic mass is 10.2. The number of hydrogen-bond acceptors (Lipinski definition) is 3. The number of carbonyl (C=O) groups is 3. The topological polar surface area (TPSA) is 87.3 Å². The summed E-state index contributed by atoms with van der Waals surface area (Å²) in [6, 6.07) is 1.93. The molecule has 1 aromatic carbocycles. The van der Waals surface area contributed by atoms with Gasteiger partial charge in [-0.25, -0.2) is 8.78 Å². The maximum atomic E-state index is 12.9. The largest absolute Gasteiger partial charge is 0.346 e. The fraction of sp³-hybridized carbons (Fsp3) is 0.250. The SMILES string of the molecule is CC(C)NC(=O)C(=O)NNC(=O)c1cc(F)cc(F)c1. The predicted molar refractivity (Wildman–Crippen MR) is 65.2 cm³/mol. The maximum absolute atomic E-state index is 12.9. The maximum Gasteiger partial charge on any atom is 0.327 e. The molecular weight excluding hydrogens is 272 g/mol. The second kappa shape index (κ2) is 6.60. The monoisotopic (exact) mass is 285 g/mol. The summed E-state index contributed by atoms with van der Waals surface area (Å²) in [5.41, 5.74) is 3.38. The average Bonchev–Trinajstić information content (AvgIpc) is 2.33. The van der Waals surface area contributed by atoms with E-state index in [1.54, 1.807) is 13.8 Å². The molecule has 0 heterocycles. The molecule has 0 radical (unpaired) electrons. The molecule has 0 aromatic heterocycles. The van der Waals surface area contributed by atoms with Crippen molar-refractivity contribution in [1.29, 1.82) is 0 Å². The zero-order valence-corrected chi connectivity index (χ0v) is 10.8. The van der Waals surface area contributed by atoms with Crippen LogP contribution < -0.4 is 16.2 Å². The summed E-state index contributed by atoms with van der Waals surface area (Å²) in [6.45, 7) is 3.30. The highest BCUT2D eigenvalue weighted by atomic mass is 19.1. The van der Waals surface area contributed by atoms with Gasteiger partial charge in [0.2, 0.25) is 0 Å². The number of rotatable bonds is 2. The Bertz CT molecular complexity index is 526. The van der Waals surface area contributed by atoms with Gasteiger partial charge in [0.05, 0.1) is 0 Å². The van der Waals surface area contributed by atoms with Crippen molar-refractivity contribution < 1.29 is 23.2 Å². The quantitative estimate of drug-likeness (QED) is 0.537. The molecule has 0 fully saturated rings. The van der Waals surface area contributed by atoms with E-state index in [0.717, 1.165) is 12.1 Å². The van der Waals surface area contributed by atoms with Gasteiger partial charge >= 0.3 is 11.8 Å². The summed E-state index contributed by atoms with van der Waals surface area (Å²) in [4.78, 5) is 34.0. The molecule has 0 saturated heterocycles. The zero-order valence-electron chi connectivity index (χ0n) is 10.8. The van der Waals surface area contributed by atoms with Crippen molar-refractivity contribution in [3.05, 3.63) is 35.4 Å². The molecule has 0 saturated carbocycles. The minimum absolute atomic E-state index is 0.249. The van der Waals surface area contributed by atoms with Crippen LogP contribution in [0, 0.1) is 11.6 Å². The van der Waals surface area contributed by atoms with Gasteiger partial charge in [-0.15, -0.1) is 0 Å². The number of amides is 3. The first kappa shape index (κ1) is 15.5. The van der Waals surface area contributed by atoms with Gasteiger partial charge in [-0.1, -0.05) is 0 Å². The lowest BCUT2D eigenvalue weighted by Crippen LogP contribution is -2.49. The lowest BCUT2D eigenvalue weighted by molar-refractivity contribution is -0.139. The molecule has 3 N–H and O–H groups in total. The van der Waals surface area contributed by atoms with Gasteiger partial charge in [0.25, 0.3) is 5.91 Å². The van der Waals surface area contributed by atoms with Gasteiger partial charge in [0, 0.05) is 17.7 Å². The molecule has 0 bridgehead atoms. The summed E-state index contributed by atoms with van der Waals surface area (Å²) in [5, 5.41) is 2.30. The van der Waals surface area contributed by atoms with E-state index in [4.69, 9.17) is 0 Å². The van der Waals surface area contributed by atoms with E-state index >= 15 is 0 Å². The first-order valence-electron chi connectivity index (χ1n) is 5.67. The second-order valence-electron chi connectivity index (χ2n) is 4.19. The van der Waals surface area contributed by atoms with Gasteiger partial charge in [-0.05, 0) is 26.0 Å². The summed E-state index contributed by atoms with van der Waals surface area (Å²) < 4.78 is 25.8. The van der Waals surface area contributed by atoms with Gasteiger partial charge in [0.15, 0.2) is 0 Å². The van der Waals surface area contributed by atoms with Crippen LogP contribution in [0.25, 0.3) is 0 Å². The van der Waals surface area contributed by atoms with Crippen molar-refractivity contribution in [2.24, 2.45) is 0 Å². The fourth-order valence-corrected chi connectivity index (χ4v) is 1.26. The van der Waals surface area contributed by atoms with E-state index in [1.807, 2.05) is 10.9 Å². The highest BCUT2D eigenvalue weighted by molar-refractivity contribution is 6.35. The summed E-state index contributed by atoms with van der Waals surface area (Å²) in [7, 11) is 0. The molecule has 0 atom stereocenters. The average molecular weight is 285 g/mol. The van der Waals surface area contributed by atoms with Crippen molar-refractivity contribution in [2.45, 2.75) is 19.9 Å². The van der Waals surface area contributed by atoms with Crippen molar-refractivity contribution in [3.63, 3.8) is 0 Å². The minimum atomic E-state index is -1.09. The zero-order chi connectivity index (χ0) is 15.3. The minimum Gasteiger partial charge on any atom is -0.346 e. The van der Waals surface area contributed by atoms with Crippen molar-refractivity contribution in [1.82, 2.24) is 16.2 Å². The van der Waals surface area contributed by atoms with E-state index in [1.165, 1.54) is 0 Å². The smallest absolute Gasteiger partial charge is 0.327 e. The molecule has 8 heteroatoms. The van der Waals surface area contributed by atoms with Crippen molar-refractivity contribution in [2.75, 3.05) is 0 Å². The Balaban J connectivity index is 2.59. The number of nitrogens with one attached hydrogen (secondary N) is 3. The van der Waals surface area contributed by atoms with E-state index in [2.05, 4.69) is 5.32 Å². The molecule has 108 valence electrons. The van der Waals surface area contributed by atoms with Crippen LogP contribution in [0.3, 0.4) is 0 Å². The number of benzene rings is 1. The molecule has 1 rings (SSSR count). The van der Waals surface area contributed by atoms with Crippen LogP contribution in [-0.2, 0) is 9.59 Å². The van der Waals surface area contributed by atoms with Gasteiger partial charge in [0.1, 0.15) is 11.6 Å².